The summed E-state index contributed by atoms with van der Waals surface area (Å²) in [6.45, 7) is 2.45. The Morgan fingerprint density at radius 1 is 0.912 bits per heavy atom. The zero-order chi connectivity index (χ0) is 23.7. The summed E-state index contributed by atoms with van der Waals surface area (Å²) >= 11 is 0. The van der Waals surface area contributed by atoms with E-state index in [2.05, 4.69) is 5.32 Å². The monoisotopic (exact) mass is 456 g/mol. The standard InChI is InChI=1S/C27H24N2O5/c1-3-32-25-22(29(2)27(31)28-24(25)17-9-5-4-6-10-17)16-33-18-13-14-20-19-11-7-8-12-21(19)26(30)34-23(20)15-18/h4-15,24H,3,16H2,1-2H3,(H,28,31)/t24-/m1/s1. The maximum atomic E-state index is 12.7. The van der Waals surface area contributed by atoms with Crippen LogP contribution in [0.2, 0.25) is 0 Å². The van der Waals surface area contributed by atoms with E-state index in [1.165, 1.54) is 4.90 Å². The van der Waals surface area contributed by atoms with Crippen LogP contribution in [0.4, 0.5) is 4.79 Å². The van der Waals surface area contributed by atoms with Gasteiger partial charge in [-0.25, -0.2) is 9.59 Å². The molecule has 2 amide bonds. The number of urea groups is 1. The number of hydrogen-bond acceptors (Lipinski definition) is 5. The number of likely N-dealkylation sites (N-methyl/N-ethyl adjacent to an activating group) is 1. The highest BCUT2D eigenvalue weighted by Crippen LogP contribution is 2.32. The molecule has 1 atom stereocenters. The lowest BCUT2D eigenvalue weighted by atomic mass is 10.0. The van der Waals surface area contributed by atoms with Crippen LogP contribution in [0.25, 0.3) is 21.7 Å². The molecule has 172 valence electrons. The maximum absolute atomic E-state index is 12.7. The molecule has 34 heavy (non-hydrogen) atoms. The molecule has 1 N–H and O–H groups in total. The van der Waals surface area contributed by atoms with Crippen molar-refractivity contribution in [2.24, 2.45) is 0 Å². The second kappa shape index (κ2) is 8.94. The number of amides is 2. The fraction of sp³-hybridized carbons (Fsp3) is 0.185. The van der Waals surface area contributed by atoms with Crippen molar-refractivity contribution < 1.29 is 18.7 Å². The summed E-state index contributed by atoms with van der Waals surface area (Å²) in [5, 5.41) is 5.19. The minimum atomic E-state index is -0.413. The molecule has 3 aromatic carbocycles. The first-order valence-corrected chi connectivity index (χ1v) is 11.1. The second-order valence-electron chi connectivity index (χ2n) is 7.98. The lowest BCUT2D eigenvalue weighted by Crippen LogP contribution is -2.46. The van der Waals surface area contributed by atoms with Gasteiger partial charge in [0.1, 0.15) is 35.4 Å². The van der Waals surface area contributed by atoms with Crippen molar-refractivity contribution in [2.45, 2.75) is 13.0 Å². The summed E-state index contributed by atoms with van der Waals surface area (Å²) in [7, 11) is 1.68. The average molecular weight is 456 g/mol. The molecule has 1 aliphatic rings. The molecule has 0 radical (unpaired) electrons. The topological polar surface area (TPSA) is 81.0 Å². The lowest BCUT2D eigenvalue weighted by Gasteiger charge is -2.34. The largest absolute Gasteiger partial charge is 0.494 e. The minimum Gasteiger partial charge on any atom is -0.494 e. The number of benzene rings is 3. The van der Waals surface area contributed by atoms with Crippen molar-refractivity contribution in [2.75, 3.05) is 20.3 Å². The van der Waals surface area contributed by atoms with Gasteiger partial charge in [0.15, 0.2) is 0 Å². The SMILES string of the molecule is CCOC1=C(COc2ccc3c(c2)oc(=O)c2ccccc23)N(C)C(=O)N[C@@H]1c1ccccc1. The van der Waals surface area contributed by atoms with E-state index in [1.54, 1.807) is 19.2 Å². The summed E-state index contributed by atoms with van der Waals surface area (Å²) in [6.07, 6.45) is 0. The van der Waals surface area contributed by atoms with Crippen molar-refractivity contribution in [1.82, 2.24) is 10.2 Å². The fourth-order valence-corrected chi connectivity index (χ4v) is 4.21. The predicted octanol–water partition coefficient (Wildman–Crippen LogP) is 4.97. The first kappa shape index (κ1) is 21.6. The van der Waals surface area contributed by atoms with E-state index in [0.29, 0.717) is 34.8 Å². The van der Waals surface area contributed by atoms with Crippen LogP contribution in [0.1, 0.15) is 18.5 Å². The molecule has 2 heterocycles. The van der Waals surface area contributed by atoms with Crippen molar-refractivity contribution in [3.05, 3.63) is 100 Å². The Bertz CT molecular complexity index is 1460. The van der Waals surface area contributed by atoms with Crippen molar-refractivity contribution in [1.29, 1.82) is 0 Å². The van der Waals surface area contributed by atoms with E-state index in [4.69, 9.17) is 13.9 Å². The van der Waals surface area contributed by atoms with Crippen molar-refractivity contribution in [3.63, 3.8) is 0 Å². The predicted molar refractivity (Wildman–Crippen MR) is 130 cm³/mol. The maximum Gasteiger partial charge on any atom is 0.344 e. The van der Waals surface area contributed by atoms with E-state index in [1.807, 2.05) is 67.6 Å². The minimum absolute atomic E-state index is 0.103. The van der Waals surface area contributed by atoms with E-state index in [9.17, 15) is 9.59 Å². The summed E-state index contributed by atoms with van der Waals surface area (Å²) in [5.41, 5.74) is 1.59. The van der Waals surface area contributed by atoms with Crippen LogP contribution in [-0.4, -0.2) is 31.2 Å². The quantitative estimate of drug-likeness (QED) is 0.327. The van der Waals surface area contributed by atoms with Crippen LogP contribution in [0.3, 0.4) is 0 Å². The number of nitrogens with one attached hydrogen (secondary N) is 1. The number of carbonyl (C=O) groups is 1. The van der Waals surface area contributed by atoms with Gasteiger partial charge in [0.05, 0.1) is 12.0 Å². The van der Waals surface area contributed by atoms with Gasteiger partial charge in [0, 0.05) is 18.5 Å². The first-order valence-electron chi connectivity index (χ1n) is 11.1. The fourth-order valence-electron chi connectivity index (χ4n) is 4.21. The summed E-state index contributed by atoms with van der Waals surface area (Å²) < 4.78 is 17.6. The molecule has 0 saturated heterocycles. The van der Waals surface area contributed by atoms with Crippen LogP contribution in [-0.2, 0) is 4.74 Å². The van der Waals surface area contributed by atoms with Crippen molar-refractivity contribution in [3.8, 4) is 5.75 Å². The van der Waals surface area contributed by atoms with Gasteiger partial charge in [-0.15, -0.1) is 0 Å². The molecule has 0 aliphatic carbocycles. The molecule has 1 aromatic heterocycles. The normalized spacial score (nSPS) is 16.1. The number of nitrogens with zero attached hydrogens (tertiary/aromatic N) is 1. The zero-order valence-corrected chi connectivity index (χ0v) is 18.9. The van der Waals surface area contributed by atoms with Crippen LogP contribution >= 0.6 is 0 Å². The Hall–Kier alpha value is -4.26. The molecule has 0 unspecified atom stereocenters. The smallest absolute Gasteiger partial charge is 0.344 e. The second-order valence-corrected chi connectivity index (χ2v) is 7.98. The zero-order valence-electron chi connectivity index (χ0n) is 18.9. The Balaban J connectivity index is 1.50. The Kier molecular flexibility index (Phi) is 5.67. The number of hydrogen-bond donors (Lipinski definition) is 1. The average Bonchev–Trinajstić information content (AvgIpc) is 2.86. The van der Waals surface area contributed by atoms with E-state index in [-0.39, 0.29) is 12.6 Å². The highest BCUT2D eigenvalue weighted by Gasteiger charge is 2.33. The van der Waals surface area contributed by atoms with Gasteiger partial charge in [0.25, 0.3) is 0 Å². The molecule has 1 aliphatic heterocycles. The number of ether oxygens (including phenoxy) is 2. The molecular weight excluding hydrogens is 432 g/mol. The van der Waals surface area contributed by atoms with Gasteiger partial charge in [0.2, 0.25) is 0 Å². The van der Waals surface area contributed by atoms with Gasteiger partial charge < -0.3 is 19.2 Å². The Labute approximate surface area is 196 Å². The highest BCUT2D eigenvalue weighted by atomic mass is 16.5. The third-order valence-electron chi connectivity index (χ3n) is 5.93. The lowest BCUT2D eigenvalue weighted by molar-refractivity contribution is 0.149. The molecule has 0 fully saturated rings. The first-order chi connectivity index (χ1) is 16.6. The molecule has 5 rings (SSSR count). The molecule has 4 aromatic rings. The number of rotatable bonds is 6. The summed E-state index contributed by atoms with van der Waals surface area (Å²) in [4.78, 5) is 26.6. The van der Waals surface area contributed by atoms with Gasteiger partial charge in [-0.2, -0.15) is 0 Å². The number of fused-ring (bicyclic) bond motifs is 3. The Morgan fingerprint density at radius 2 is 1.65 bits per heavy atom. The number of carbonyl (C=O) groups excluding carboxylic acids is 1. The van der Waals surface area contributed by atoms with E-state index >= 15 is 0 Å². The van der Waals surface area contributed by atoms with Crippen molar-refractivity contribution >= 4 is 27.8 Å². The Morgan fingerprint density at radius 3 is 2.41 bits per heavy atom. The van der Waals surface area contributed by atoms with Gasteiger partial charge >= 0.3 is 11.7 Å². The van der Waals surface area contributed by atoms with E-state index < -0.39 is 11.7 Å². The molecule has 7 heteroatoms. The van der Waals surface area contributed by atoms with Gasteiger partial charge in [-0.05, 0) is 36.1 Å². The molecule has 0 spiro atoms. The van der Waals surface area contributed by atoms with Crippen LogP contribution < -0.4 is 15.7 Å². The van der Waals surface area contributed by atoms with Gasteiger partial charge in [-0.1, -0.05) is 48.5 Å². The summed E-state index contributed by atoms with van der Waals surface area (Å²) in [6, 6.07) is 21.8. The summed E-state index contributed by atoms with van der Waals surface area (Å²) in [5.74, 6) is 1.15. The highest BCUT2D eigenvalue weighted by molar-refractivity contribution is 6.04. The van der Waals surface area contributed by atoms with Crippen LogP contribution in [0.15, 0.2) is 93.5 Å². The molecule has 0 saturated carbocycles. The third-order valence-corrected chi connectivity index (χ3v) is 5.93. The van der Waals surface area contributed by atoms with Gasteiger partial charge in [-0.3, -0.25) is 4.90 Å². The van der Waals surface area contributed by atoms with Crippen LogP contribution in [0.5, 0.6) is 5.75 Å². The molecule has 7 nitrogen and oxygen atoms in total. The van der Waals surface area contributed by atoms with E-state index in [0.717, 1.165) is 16.3 Å². The third kappa shape index (κ3) is 3.85. The van der Waals surface area contributed by atoms with Crippen LogP contribution in [0, 0.1) is 0 Å². The molecule has 0 bridgehead atoms. The molecular formula is C27H24N2O5.